The van der Waals surface area contributed by atoms with Crippen molar-refractivity contribution >= 4 is 5.91 Å². The van der Waals surface area contributed by atoms with Crippen LogP contribution in [0.4, 0.5) is 0 Å². The minimum absolute atomic E-state index is 0.116. The Morgan fingerprint density at radius 1 is 1.08 bits per heavy atom. The first-order valence-electron chi connectivity index (χ1n) is 8.11. The van der Waals surface area contributed by atoms with Gasteiger partial charge in [0.1, 0.15) is 6.04 Å². The highest BCUT2D eigenvalue weighted by atomic mass is 16.5. The van der Waals surface area contributed by atoms with E-state index in [1.54, 1.807) is 7.05 Å². The highest BCUT2D eigenvalue weighted by molar-refractivity contribution is 5.82. The molecule has 1 unspecified atom stereocenters. The molecule has 3 aromatic rings. The van der Waals surface area contributed by atoms with E-state index in [4.69, 9.17) is 4.52 Å². The van der Waals surface area contributed by atoms with Crippen LogP contribution in [0.15, 0.2) is 65.2 Å². The highest BCUT2D eigenvalue weighted by Crippen LogP contribution is 2.14. The lowest BCUT2D eigenvalue weighted by atomic mass is 10.1. The van der Waals surface area contributed by atoms with Gasteiger partial charge in [-0.2, -0.15) is 4.98 Å². The summed E-state index contributed by atoms with van der Waals surface area (Å²) in [6.07, 6.45) is 0.613. The number of nitrogens with zero attached hydrogens (tertiary/aromatic N) is 2. The van der Waals surface area contributed by atoms with Crippen LogP contribution in [0.3, 0.4) is 0 Å². The summed E-state index contributed by atoms with van der Waals surface area (Å²) >= 11 is 0. The van der Waals surface area contributed by atoms with Gasteiger partial charge in [0.2, 0.25) is 11.8 Å². The zero-order chi connectivity index (χ0) is 17.5. The van der Waals surface area contributed by atoms with E-state index in [1.165, 1.54) is 0 Å². The van der Waals surface area contributed by atoms with Crippen molar-refractivity contribution in [3.05, 3.63) is 83.5 Å². The van der Waals surface area contributed by atoms with E-state index in [1.807, 2.05) is 60.7 Å². The minimum Gasteiger partial charge on any atom is -0.358 e. The number of benzene rings is 2. The summed E-state index contributed by atoms with van der Waals surface area (Å²) in [6, 6.07) is 19.0. The molecule has 0 aliphatic rings. The van der Waals surface area contributed by atoms with Crippen LogP contribution in [0, 0.1) is 0 Å². The number of nitrogens with one attached hydrogen (secondary N) is 2. The van der Waals surface area contributed by atoms with E-state index in [2.05, 4.69) is 20.8 Å². The van der Waals surface area contributed by atoms with E-state index >= 15 is 0 Å². The van der Waals surface area contributed by atoms with Crippen LogP contribution < -0.4 is 10.6 Å². The number of likely N-dealkylation sites (N-methyl/N-ethyl adjacent to an activating group) is 1. The van der Waals surface area contributed by atoms with E-state index < -0.39 is 6.04 Å². The Bertz CT molecular complexity index is 803. The van der Waals surface area contributed by atoms with Crippen molar-refractivity contribution in [2.24, 2.45) is 0 Å². The molecule has 1 amide bonds. The Labute approximate surface area is 146 Å². The first kappa shape index (κ1) is 16.9. The Balaban J connectivity index is 1.64. The van der Waals surface area contributed by atoms with Crippen molar-refractivity contribution in [2.45, 2.75) is 19.0 Å². The Hall–Kier alpha value is -2.99. The molecule has 2 N–H and O–H groups in total. The molecule has 0 spiro atoms. The van der Waals surface area contributed by atoms with Crippen LogP contribution in [-0.2, 0) is 17.8 Å². The van der Waals surface area contributed by atoms with E-state index in [0.29, 0.717) is 24.7 Å². The molecule has 6 heteroatoms. The molecule has 2 aromatic carbocycles. The van der Waals surface area contributed by atoms with Crippen molar-refractivity contribution in [1.82, 2.24) is 20.8 Å². The normalized spacial score (nSPS) is 11.9. The van der Waals surface area contributed by atoms with Gasteiger partial charge < -0.3 is 9.84 Å². The average molecular weight is 336 g/mol. The molecule has 1 atom stereocenters. The molecule has 0 fully saturated rings. The zero-order valence-electron chi connectivity index (χ0n) is 14.0. The van der Waals surface area contributed by atoms with E-state index in [9.17, 15) is 4.79 Å². The summed E-state index contributed by atoms with van der Waals surface area (Å²) < 4.78 is 5.28. The number of aromatic nitrogens is 2. The van der Waals surface area contributed by atoms with E-state index in [0.717, 1.165) is 11.1 Å². The van der Waals surface area contributed by atoms with Gasteiger partial charge in [0.15, 0.2) is 5.82 Å². The SMILES string of the molecule is CNC(=O)C(NCc1nc(Cc2ccccc2)no1)c1ccccc1. The third-order valence-corrected chi connectivity index (χ3v) is 3.81. The predicted octanol–water partition coefficient (Wildman–Crippen LogP) is 2.24. The summed E-state index contributed by atoms with van der Waals surface area (Å²) in [5.74, 6) is 0.963. The van der Waals surface area contributed by atoms with Gasteiger partial charge in [0.25, 0.3) is 0 Å². The monoisotopic (exact) mass is 336 g/mol. The lowest BCUT2D eigenvalue weighted by Crippen LogP contribution is -2.35. The molecule has 6 nitrogen and oxygen atoms in total. The van der Waals surface area contributed by atoms with Crippen LogP contribution >= 0.6 is 0 Å². The summed E-state index contributed by atoms with van der Waals surface area (Å²) in [7, 11) is 1.62. The molecular formula is C19H20N4O2. The maximum atomic E-state index is 12.1. The number of carbonyl (C=O) groups excluding carboxylic acids is 1. The van der Waals surface area contributed by atoms with Crippen LogP contribution in [0.1, 0.15) is 28.9 Å². The van der Waals surface area contributed by atoms with Gasteiger partial charge in [-0.05, 0) is 11.1 Å². The zero-order valence-corrected chi connectivity index (χ0v) is 14.0. The molecule has 128 valence electrons. The Morgan fingerprint density at radius 3 is 2.44 bits per heavy atom. The molecule has 3 rings (SSSR count). The second kappa shape index (κ2) is 8.21. The maximum Gasteiger partial charge on any atom is 0.241 e. The predicted molar refractivity (Wildman–Crippen MR) is 93.6 cm³/mol. The van der Waals surface area contributed by atoms with Crippen molar-refractivity contribution in [3.63, 3.8) is 0 Å². The van der Waals surface area contributed by atoms with Gasteiger partial charge in [0, 0.05) is 13.5 Å². The molecular weight excluding hydrogens is 316 g/mol. The first-order valence-corrected chi connectivity index (χ1v) is 8.11. The number of hydrogen-bond acceptors (Lipinski definition) is 5. The van der Waals surface area contributed by atoms with Gasteiger partial charge in [-0.3, -0.25) is 10.1 Å². The molecule has 1 aromatic heterocycles. The molecule has 0 aliphatic heterocycles. The van der Waals surface area contributed by atoms with Crippen molar-refractivity contribution < 1.29 is 9.32 Å². The standard InChI is InChI=1S/C19H20N4O2/c1-20-19(24)18(15-10-6-3-7-11-15)21-13-17-22-16(23-25-17)12-14-8-4-2-5-9-14/h2-11,18,21H,12-13H2,1H3,(H,20,24). The fraction of sp³-hybridized carbons (Fsp3) is 0.211. The van der Waals surface area contributed by atoms with Gasteiger partial charge >= 0.3 is 0 Å². The quantitative estimate of drug-likeness (QED) is 0.692. The smallest absolute Gasteiger partial charge is 0.241 e. The summed E-state index contributed by atoms with van der Waals surface area (Å²) in [4.78, 5) is 16.5. The summed E-state index contributed by atoms with van der Waals surface area (Å²) in [5.41, 5.74) is 2.00. The van der Waals surface area contributed by atoms with Crippen LogP contribution in [-0.4, -0.2) is 23.1 Å². The average Bonchev–Trinajstić information content (AvgIpc) is 3.10. The Kier molecular flexibility index (Phi) is 5.53. The summed E-state index contributed by atoms with van der Waals surface area (Å²) in [6.45, 7) is 0.314. The molecule has 0 saturated heterocycles. The molecule has 0 bridgehead atoms. The van der Waals surface area contributed by atoms with Gasteiger partial charge in [0.05, 0.1) is 6.54 Å². The van der Waals surface area contributed by atoms with E-state index in [-0.39, 0.29) is 5.91 Å². The molecule has 25 heavy (non-hydrogen) atoms. The molecule has 0 radical (unpaired) electrons. The highest BCUT2D eigenvalue weighted by Gasteiger charge is 2.19. The number of carbonyl (C=O) groups is 1. The summed E-state index contributed by atoms with van der Waals surface area (Å²) in [5, 5.41) is 9.84. The largest absolute Gasteiger partial charge is 0.358 e. The van der Waals surface area contributed by atoms with Crippen molar-refractivity contribution in [2.75, 3.05) is 7.05 Å². The lowest BCUT2D eigenvalue weighted by molar-refractivity contribution is -0.122. The third kappa shape index (κ3) is 4.51. The fourth-order valence-electron chi connectivity index (χ4n) is 2.55. The Morgan fingerprint density at radius 2 is 1.76 bits per heavy atom. The van der Waals surface area contributed by atoms with Crippen molar-refractivity contribution in [1.29, 1.82) is 0 Å². The number of rotatable bonds is 7. The van der Waals surface area contributed by atoms with Crippen LogP contribution in [0.2, 0.25) is 0 Å². The van der Waals surface area contributed by atoms with Crippen LogP contribution in [0.25, 0.3) is 0 Å². The van der Waals surface area contributed by atoms with Gasteiger partial charge in [-0.15, -0.1) is 0 Å². The third-order valence-electron chi connectivity index (χ3n) is 3.81. The molecule has 1 heterocycles. The number of amides is 1. The van der Waals surface area contributed by atoms with Gasteiger partial charge in [-0.1, -0.05) is 65.8 Å². The maximum absolute atomic E-state index is 12.1. The molecule has 0 saturated carbocycles. The van der Waals surface area contributed by atoms with Gasteiger partial charge in [-0.25, -0.2) is 0 Å². The molecule has 0 aliphatic carbocycles. The lowest BCUT2D eigenvalue weighted by Gasteiger charge is -2.16. The van der Waals surface area contributed by atoms with Crippen molar-refractivity contribution in [3.8, 4) is 0 Å². The minimum atomic E-state index is -0.476. The topological polar surface area (TPSA) is 80.0 Å². The van der Waals surface area contributed by atoms with Crippen LogP contribution in [0.5, 0.6) is 0 Å². The number of hydrogen-bond donors (Lipinski definition) is 2. The first-order chi connectivity index (χ1) is 12.3. The second-order valence-electron chi connectivity index (χ2n) is 5.61. The fourth-order valence-corrected chi connectivity index (χ4v) is 2.55. The second-order valence-corrected chi connectivity index (χ2v) is 5.61.